The fourth-order valence-corrected chi connectivity index (χ4v) is 1.55. The molecule has 0 aliphatic rings. The average Bonchev–Trinajstić information content (AvgIpc) is 2.40. The summed E-state index contributed by atoms with van der Waals surface area (Å²) < 4.78 is 0. The Bertz CT molecular complexity index is 501. The van der Waals surface area contributed by atoms with Crippen molar-refractivity contribution < 1.29 is 0 Å². The topological polar surface area (TPSA) is 37.3 Å². The molecular formula is C15H17N3. The largest absolute Gasteiger partial charge is 0.347 e. The maximum atomic E-state index is 4.25. The Labute approximate surface area is 108 Å². The number of aromatic nitrogens is 1. The molecule has 0 fully saturated rings. The number of pyridine rings is 1. The van der Waals surface area contributed by atoms with Crippen molar-refractivity contribution in [1.29, 1.82) is 0 Å². The lowest BCUT2D eigenvalue weighted by molar-refractivity contribution is 0.840. The molecule has 3 nitrogen and oxygen atoms in total. The van der Waals surface area contributed by atoms with E-state index in [-0.39, 0.29) is 0 Å². The molecule has 1 aromatic heterocycles. The SMILES string of the molecule is CC(C)N=CNc1ccc(-c2cccnc2)cc1. The van der Waals surface area contributed by atoms with Crippen LogP contribution in [0, 0.1) is 0 Å². The second-order valence-corrected chi connectivity index (χ2v) is 4.34. The first-order valence-corrected chi connectivity index (χ1v) is 6.04. The highest BCUT2D eigenvalue weighted by Crippen LogP contribution is 2.19. The lowest BCUT2D eigenvalue weighted by Gasteiger charge is -2.04. The van der Waals surface area contributed by atoms with E-state index in [0.29, 0.717) is 6.04 Å². The molecule has 2 rings (SSSR count). The van der Waals surface area contributed by atoms with E-state index in [1.165, 1.54) is 0 Å². The van der Waals surface area contributed by atoms with Crippen LogP contribution in [-0.2, 0) is 0 Å². The van der Waals surface area contributed by atoms with E-state index in [1.54, 1.807) is 12.5 Å². The summed E-state index contributed by atoms with van der Waals surface area (Å²) in [5.41, 5.74) is 3.32. The van der Waals surface area contributed by atoms with E-state index in [2.05, 4.69) is 33.5 Å². The maximum absolute atomic E-state index is 4.25. The number of hydrogen-bond acceptors (Lipinski definition) is 2. The second kappa shape index (κ2) is 5.96. The molecule has 18 heavy (non-hydrogen) atoms. The van der Waals surface area contributed by atoms with Crippen molar-refractivity contribution >= 4 is 12.0 Å². The molecule has 0 amide bonds. The summed E-state index contributed by atoms with van der Waals surface area (Å²) in [6.45, 7) is 4.09. The summed E-state index contributed by atoms with van der Waals surface area (Å²) in [6, 6.07) is 12.5. The Morgan fingerprint density at radius 1 is 1.11 bits per heavy atom. The van der Waals surface area contributed by atoms with Crippen LogP contribution in [-0.4, -0.2) is 17.4 Å². The van der Waals surface area contributed by atoms with Crippen molar-refractivity contribution in [3.05, 3.63) is 48.8 Å². The summed E-state index contributed by atoms with van der Waals surface area (Å²) in [7, 11) is 0. The van der Waals surface area contributed by atoms with Gasteiger partial charge in [0.25, 0.3) is 0 Å². The highest BCUT2D eigenvalue weighted by atomic mass is 14.9. The highest BCUT2D eigenvalue weighted by Gasteiger charge is 1.96. The molecule has 0 aliphatic heterocycles. The van der Waals surface area contributed by atoms with Crippen LogP contribution in [0.15, 0.2) is 53.8 Å². The highest BCUT2D eigenvalue weighted by molar-refractivity contribution is 5.77. The Balaban J connectivity index is 2.06. The zero-order chi connectivity index (χ0) is 12.8. The first kappa shape index (κ1) is 12.3. The predicted molar refractivity (Wildman–Crippen MR) is 76.9 cm³/mol. The van der Waals surface area contributed by atoms with Crippen molar-refractivity contribution in [2.24, 2.45) is 4.99 Å². The summed E-state index contributed by atoms with van der Waals surface area (Å²) in [4.78, 5) is 8.37. The summed E-state index contributed by atoms with van der Waals surface area (Å²) in [5.74, 6) is 0. The Morgan fingerprint density at radius 3 is 2.50 bits per heavy atom. The Morgan fingerprint density at radius 2 is 1.89 bits per heavy atom. The number of hydrogen-bond donors (Lipinski definition) is 1. The molecule has 0 atom stereocenters. The molecule has 0 radical (unpaired) electrons. The third kappa shape index (κ3) is 3.42. The minimum atomic E-state index is 0.312. The summed E-state index contributed by atoms with van der Waals surface area (Å²) >= 11 is 0. The van der Waals surface area contributed by atoms with Crippen LogP contribution < -0.4 is 5.32 Å². The van der Waals surface area contributed by atoms with Gasteiger partial charge in [0.15, 0.2) is 0 Å². The fourth-order valence-electron chi connectivity index (χ4n) is 1.55. The molecule has 0 spiro atoms. The van der Waals surface area contributed by atoms with Gasteiger partial charge in [-0.2, -0.15) is 0 Å². The fraction of sp³-hybridized carbons (Fsp3) is 0.200. The van der Waals surface area contributed by atoms with Gasteiger partial charge in [0.2, 0.25) is 0 Å². The predicted octanol–water partition coefficient (Wildman–Crippen LogP) is 3.60. The zero-order valence-corrected chi connectivity index (χ0v) is 10.7. The number of rotatable bonds is 4. The zero-order valence-electron chi connectivity index (χ0n) is 10.7. The molecule has 0 bridgehead atoms. The van der Waals surface area contributed by atoms with E-state index in [4.69, 9.17) is 0 Å². The lowest BCUT2D eigenvalue weighted by Crippen LogP contribution is -1.98. The molecule has 1 N–H and O–H groups in total. The Kier molecular flexibility index (Phi) is 4.07. The van der Waals surface area contributed by atoms with Crippen LogP contribution >= 0.6 is 0 Å². The molecule has 92 valence electrons. The molecular weight excluding hydrogens is 222 g/mol. The third-order valence-corrected chi connectivity index (χ3v) is 2.48. The van der Waals surface area contributed by atoms with Gasteiger partial charge in [-0.3, -0.25) is 9.98 Å². The summed E-state index contributed by atoms with van der Waals surface area (Å²) in [5, 5.41) is 3.15. The number of benzene rings is 1. The normalized spacial score (nSPS) is 11.1. The van der Waals surface area contributed by atoms with Gasteiger partial charge in [0.05, 0.1) is 6.34 Å². The summed E-state index contributed by atoms with van der Waals surface area (Å²) in [6.07, 6.45) is 5.38. The quantitative estimate of drug-likeness (QED) is 0.654. The molecule has 3 heteroatoms. The van der Waals surface area contributed by atoms with Crippen LogP contribution in [0.5, 0.6) is 0 Å². The standard InChI is InChI=1S/C15H17N3/c1-12(2)17-11-18-15-7-5-13(6-8-15)14-4-3-9-16-10-14/h3-12H,1-2H3,(H,17,18). The first-order chi connectivity index (χ1) is 8.75. The van der Waals surface area contributed by atoms with Crippen LogP contribution in [0.4, 0.5) is 5.69 Å². The van der Waals surface area contributed by atoms with Crippen LogP contribution in [0.3, 0.4) is 0 Å². The van der Waals surface area contributed by atoms with Crippen molar-refractivity contribution in [3.8, 4) is 11.1 Å². The monoisotopic (exact) mass is 239 g/mol. The van der Waals surface area contributed by atoms with Crippen molar-refractivity contribution in [2.75, 3.05) is 5.32 Å². The average molecular weight is 239 g/mol. The van der Waals surface area contributed by atoms with Crippen molar-refractivity contribution in [1.82, 2.24) is 4.98 Å². The van der Waals surface area contributed by atoms with Crippen molar-refractivity contribution in [3.63, 3.8) is 0 Å². The van der Waals surface area contributed by atoms with E-state index < -0.39 is 0 Å². The molecule has 1 aromatic carbocycles. The molecule has 0 saturated heterocycles. The lowest BCUT2D eigenvalue weighted by atomic mass is 10.1. The first-order valence-electron chi connectivity index (χ1n) is 6.04. The van der Waals surface area contributed by atoms with E-state index in [9.17, 15) is 0 Å². The maximum Gasteiger partial charge on any atom is 0.0871 e. The molecule has 0 aliphatic carbocycles. The van der Waals surface area contributed by atoms with E-state index in [0.717, 1.165) is 16.8 Å². The molecule has 0 unspecified atom stereocenters. The number of aliphatic imine (C=N–C) groups is 1. The van der Waals surface area contributed by atoms with Gasteiger partial charge in [-0.1, -0.05) is 18.2 Å². The van der Waals surface area contributed by atoms with Crippen molar-refractivity contribution in [2.45, 2.75) is 19.9 Å². The van der Waals surface area contributed by atoms with Crippen LogP contribution in [0.25, 0.3) is 11.1 Å². The molecule has 1 heterocycles. The number of nitrogens with zero attached hydrogens (tertiary/aromatic N) is 2. The molecule has 2 aromatic rings. The van der Waals surface area contributed by atoms with E-state index >= 15 is 0 Å². The smallest absolute Gasteiger partial charge is 0.0871 e. The number of nitrogens with one attached hydrogen (secondary N) is 1. The van der Waals surface area contributed by atoms with E-state index in [1.807, 2.05) is 38.2 Å². The van der Waals surface area contributed by atoms with Gasteiger partial charge in [0, 0.05) is 24.1 Å². The Hall–Kier alpha value is -2.16. The number of anilines is 1. The third-order valence-electron chi connectivity index (χ3n) is 2.48. The van der Waals surface area contributed by atoms with Gasteiger partial charge in [-0.05, 0) is 43.2 Å². The minimum absolute atomic E-state index is 0.312. The second-order valence-electron chi connectivity index (χ2n) is 4.34. The van der Waals surface area contributed by atoms with Crippen LogP contribution in [0.1, 0.15) is 13.8 Å². The van der Waals surface area contributed by atoms with Gasteiger partial charge >= 0.3 is 0 Å². The van der Waals surface area contributed by atoms with Gasteiger partial charge in [0.1, 0.15) is 0 Å². The minimum Gasteiger partial charge on any atom is -0.347 e. The van der Waals surface area contributed by atoms with Gasteiger partial charge < -0.3 is 5.32 Å². The molecule has 0 saturated carbocycles. The van der Waals surface area contributed by atoms with Gasteiger partial charge in [-0.25, -0.2) is 0 Å². The van der Waals surface area contributed by atoms with Crippen LogP contribution in [0.2, 0.25) is 0 Å². The van der Waals surface area contributed by atoms with Gasteiger partial charge in [-0.15, -0.1) is 0 Å².